The largest absolute Gasteiger partial charge is 0.473 e. The van der Waals surface area contributed by atoms with Crippen molar-refractivity contribution in [2.45, 2.75) is 13.1 Å². The number of ether oxygens (including phenoxy) is 1. The van der Waals surface area contributed by atoms with Crippen molar-refractivity contribution in [3.63, 3.8) is 0 Å². The highest BCUT2D eigenvalue weighted by Gasteiger charge is 2.43. The molecule has 8 heteroatoms. The average molecular weight is 314 g/mol. The molecule has 1 heterocycles. The summed E-state index contributed by atoms with van der Waals surface area (Å²) in [6.07, 6.45) is -5.05. The molecule has 118 valence electrons. The van der Waals surface area contributed by atoms with Crippen LogP contribution in [-0.2, 0) is 9.53 Å². The van der Waals surface area contributed by atoms with Gasteiger partial charge in [0.25, 0.3) is 0 Å². The van der Waals surface area contributed by atoms with E-state index in [9.17, 15) is 22.8 Å². The number of para-hydroxylation sites is 1. The molecule has 0 aliphatic carbocycles. The summed E-state index contributed by atoms with van der Waals surface area (Å²) in [5.74, 6) is -2.89. The van der Waals surface area contributed by atoms with Gasteiger partial charge in [0.1, 0.15) is 5.69 Å². The van der Waals surface area contributed by atoms with Gasteiger partial charge >= 0.3 is 18.1 Å². The Morgan fingerprint density at radius 1 is 1.27 bits per heavy atom. The standard InChI is InChI=1S/C14H13F3N2O3/c1-3-22-12(20)11-8-9-6-4-5-7-10(9)19(11)18(2)13(21)14(15,16)17/h4-8H,3H2,1-2H3. The number of carbonyl (C=O) groups is 2. The number of benzene rings is 1. The van der Waals surface area contributed by atoms with E-state index in [-0.39, 0.29) is 12.3 Å². The molecule has 0 fully saturated rings. The van der Waals surface area contributed by atoms with Crippen LogP contribution in [0.15, 0.2) is 30.3 Å². The first-order valence-electron chi connectivity index (χ1n) is 6.40. The molecule has 1 amide bonds. The van der Waals surface area contributed by atoms with E-state index < -0.39 is 18.1 Å². The molecule has 0 bridgehead atoms. The number of hydrogen-bond acceptors (Lipinski definition) is 3. The Kier molecular flexibility index (Phi) is 4.11. The van der Waals surface area contributed by atoms with Crippen LogP contribution in [0.4, 0.5) is 13.2 Å². The van der Waals surface area contributed by atoms with Crippen LogP contribution in [0, 0.1) is 0 Å². The summed E-state index contributed by atoms with van der Waals surface area (Å²) < 4.78 is 43.7. The van der Waals surface area contributed by atoms with Crippen molar-refractivity contribution in [3.05, 3.63) is 36.0 Å². The number of alkyl halides is 3. The highest BCUT2D eigenvalue weighted by Crippen LogP contribution is 2.24. The number of aromatic nitrogens is 1. The molecule has 0 unspecified atom stereocenters. The van der Waals surface area contributed by atoms with E-state index in [4.69, 9.17) is 4.74 Å². The molecule has 2 rings (SSSR count). The summed E-state index contributed by atoms with van der Waals surface area (Å²) in [7, 11) is 0.949. The van der Waals surface area contributed by atoms with E-state index in [1.807, 2.05) is 0 Å². The van der Waals surface area contributed by atoms with Crippen molar-refractivity contribution >= 4 is 22.8 Å². The Hall–Kier alpha value is -2.51. The molecule has 1 aromatic carbocycles. The van der Waals surface area contributed by atoms with Crippen LogP contribution in [0.5, 0.6) is 0 Å². The number of fused-ring (bicyclic) bond motifs is 1. The molecule has 0 aliphatic heterocycles. The molecule has 0 saturated carbocycles. The Balaban J connectivity index is 2.61. The van der Waals surface area contributed by atoms with Crippen LogP contribution in [0.2, 0.25) is 0 Å². The molecule has 0 spiro atoms. The third-order valence-electron chi connectivity index (χ3n) is 3.01. The van der Waals surface area contributed by atoms with Crippen molar-refractivity contribution in [2.24, 2.45) is 0 Å². The number of nitrogens with zero attached hydrogens (tertiary/aromatic N) is 2. The molecule has 5 nitrogen and oxygen atoms in total. The van der Waals surface area contributed by atoms with Gasteiger partial charge in [0.2, 0.25) is 0 Å². The van der Waals surface area contributed by atoms with E-state index in [0.29, 0.717) is 15.9 Å². The fourth-order valence-corrected chi connectivity index (χ4v) is 2.09. The van der Waals surface area contributed by atoms with Crippen molar-refractivity contribution in [1.29, 1.82) is 0 Å². The van der Waals surface area contributed by atoms with Gasteiger partial charge in [-0.15, -0.1) is 0 Å². The molecule has 0 atom stereocenters. The van der Waals surface area contributed by atoms with Crippen LogP contribution in [0.1, 0.15) is 17.4 Å². The van der Waals surface area contributed by atoms with Crippen molar-refractivity contribution in [1.82, 2.24) is 4.68 Å². The number of carbonyl (C=O) groups excluding carboxylic acids is 2. The first-order valence-corrected chi connectivity index (χ1v) is 6.40. The molecule has 2 aromatic rings. The third kappa shape index (κ3) is 2.76. The summed E-state index contributed by atoms with van der Waals surface area (Å²) >= 11 is 0. The number of esters is 1. The summed E-state index contributed by atoms with van der Waals surface area (Å²) in [6.45, 7) is 1.65. The van der Waals surface area contributed by atoms with Gasteiger partial charge in [-0.05, 0) is 19.1 Å². The van der Waals surface area contributed by atoms with Crippen molar-refractivity contribution in [3.8, 4) is 0 Å². The minimum Gasteiger partial charge on any atom is -0.461 e. The smallest absolute Gasteiger partial charge is 0.461 e. The zero-order valence-electron chi connectivity index (χ0n) is 11.8. The molecule has 1 aromatic heterocycles. The fourth-order valence-electron chi connectivity index (χ4n) is 2.09. The number of rotatable bonds is 3. The second-order valence-corrected chi connectivity index (χ2v) is 4.45. The SMILES string of the molecule is CCOC(=O)c1cc2ccccc2n1N(C)C(=O)C(F)(F)F. The summed E-state index contributed by atoms with van der Waals surface area (Å²) in [5.41, 5.74) is 0.147. The van der Waals surface area contributed by atoms with E-state index in [1.54, 1.807) is 25.1 Å². The number of hydrogen-bond donors (Lipinski definition) is 0. The Morgan fingerprint density at radius 2 is 1.91 bits per heavy atom. The summed E-state index contributed by atoms with van der Waals surface area (Å²) in [6, 6.07) is 7.79. The van der Waals surface area contributed by atoms with Crippen molar-refractivity contribution < 1.29 is 27.5 Å². The lowest BCUT2D eigenvalue weighted by Gasteiger charge is -2.23. The van der Waals surface area contributed by atoms with Crippen LogP contribution >= 0.6 is 0 Å². The monoisotopic (exact) mass is 314 g/mol. The molecular weight excluding hydrogens is 301 g/mol. The normalized spacial score (nSPS) is 11.5. The molecule has 22 heavy (non-hydrogen) atoms. The first-order chi connectivity index (χ1) is 10.3. The average Bonchev–Trinajstić information content (AvgIpc) is 2.84. The van der Waals surface area contributed by atoms with Crippen LogP contribution in [0.25, 0.3) is 10.9 Å². The third-order valence-corrected chi connectivity index (χ3v) is 3.01. The molecule has 0 radical (unpaired) electrons. The lowest BCUT2D eigenvalue weighted by molar-refractivity contribution is -0.171. The fraction of sp³-hybridized carbons (Fsp3) is 0.286. The summed E-state index contributed by atoms with van der Waals surface area (Å²) in [5, 5.41) is 0.876. The van der Waals surface area contributed by atoms with Crippen LogP contribution in [-0.4, -0.2) is 36.4 Å². The van der Waals surface area contributed by atoms with E-state index in [2.05, 4.69) is 0 Å². The van der Waals surface area contributed by atoms with Gasteiger partial charge in [-0.25, -0.2) is 14.5 Å². The molecule has 0 N–H and O–H groups in total. The Bertz CT molecular complexity index is 722. The zero-order valence-corrected chi connectivity index (χ0v) is 11.8. The van der Waals surface area contributed by atoms with Gasteiger partial charge in [0, 0.05) is 12.4 Å². The first kappa shape index (κ1) is 15.9. The van der Waals surface area contributed by atoms with Gasteiger partial charge in [0.15, 0.2) is 0 Å². The minimum atomic E-state index is -5.05. The minimum absolute atomic E-state index is 0.0668. The van der Waals surface area contributed by atoms with E-state index >= 15 is 0 Å². The molecule has 0 aliphatic rings. The van der Waals surface area contributed by atoms with Gasteiger partial charge in [0.05, 0.1) is 12.1 Å². The van der Waals surface area contributed by atoms with Crippen LogP contribution in [0.3, 0.4) is 0 Å². The summed E-state index contributed by atoms with van der Waals surface area (Å²) in [4.78, 5) is 23.4. The second-order valence-electron chi connectivity index (χ2n) is 4.45. The predicted molar refractivity (Wildman–Crippen MR) is 73.1 cm³/mol. The second kappa shape index (κ2) is 5.70. The quantitative estimate of drug-likeness (QED) is 0.818. The maximum atomic E-state index is 12.7. The maximum absolute atomic E-state index is 12.7. The topological polar surface area (TPSA) is 51.5 Å². The molecular formula is C14H13F3N2O3. The van der Waals surface area contributed by atoms with E-state index in [1.165, 1.54) is 12.1 Å². The number of halogens is 3. The maximum Gasteiger partial charge on any atom is 0.473 e. The lowest BCUT2D eigenvalue weighted by Crippen LogP contribution is -2.46. The zero-order chi connectivity index (χ0) is 16.5. The lowest BCUT2D eigenvalue weighted by atomic mass is 10.2. The van der Waals surface area contributed by atoms with Gasteiger partial charge < -0.3 is 4.74 Å². The van der Waals surface area contributed by atoms with Gasteiger partial charge in [-0.2, -0.15) is 13.2 Å². The highest BCUT2D eigenvalue weighted by molar-refractivity contribution is 5.99. The van der Waals surface area contributed by atoms with Crippen molar-refractivity contribution in [2.75, 3.05) is 18.7 Å². The molecule has 0 saturated heterocycles. The van der Waals surface area contributed by atoms with Gasteiger partial charge in [-0.1, -0.05) is 18.2 Å². The predicted octanol–water partition coefficient (Wildman–Crippen LogP) is 2.47. The van der Waals surface area contributed by atoms with E-state index in [0.717, 1.165) is 11.7 Å². The highest BCUT2D eigenvalue weighted by atomic mass is 19.4. The van der Waals surface area contributed by atoms with Gasteiger partial charge in [-0.3, -0.25) is 4.79 Å². The Morgan fingerprint density at radius 3 is 2.50 bits per heavy atom. The van der Waals surface area contributed by atoms with Crippen LogP contribution < -0.4 is 5.01 Å². The Labute approximate surface area is 123 Å². The number of amides is 1.